The molecule has 0 radical (unpaired) electrons. The minimum Gasteiger partial charge on any atom is -0.493 e. The summed E-state index contributed by atoms with van der Waals surface area (Å²) >= 11 is 2.92. The summed E-state index contributed by atoms with van der Waals surface area (Å²) in [6.07, 6.45) is 5.50. The summed E-state index contributed by atoms with van der Waals surface area (Å²) in [6.45, 7) is 0. The van der Waals surface area contributed by atoms with Crippen molar-refractivity contribution in [2.24, 2.45) is 0 Å². The zero-order valence-corrected chi connectivity index (χ0v) is 16.2. The second-order valence-electron chi connectivity index (χ2n) is 5.54. The van der Waals surface area contributed by atoms with Crippen molar-refractivity contribution >= 4 is 45.9 Å². The van der Waals surface area contributed by atoms with Crippen molar-refractivity contribution in [1.82, 2.24) is 14.6 Å². The Bertz CT molecular complexity index is 1220. The van der Waals surface area contributed by atoms with Crippen LogP contribution in [0, 0.1) is 0 Å². The highest BCUT2D eigenvalue weighted by Crippen LogP contribution is 2.28. The van der Waals surface area contributed by atoms with Gasteiger partial charge in [-0.25, -0.2) is 0 Å². The van der Waals surface area contributed by atoms with E-state index in [0.717, 1.165) is 10.4 Å². The molecule has 0 fully saturated rings. The number of ether oxygens (including phenoxy) is 2. The molecule has 1 aromatic carbocycles. The Morgan fingerprint density at radius 2 is 1.96 bits per heavy atom. The summed E-state index contributed by atoms with van der Waals surface area (Å²) in [5, 5.41) is 6.27. The van der Waals surface area contributed by atoms with E-state index in [2.05, 4.69) is 10.1 Å². The highest BCUT2D eigenvalue weighted by atomic mass is 32.1. The first-order valence-corrected chi connectivity index (χ1v) is 9.72. The number of rotatable bonds is 5. The number of thiazole rings is 1. The van der Waals surface area contributed by atoms with Crippen LogP contribution in [-0.4, -0.2) is 28.8 Å². The van der Waals surface area contributed by atoms with Crippen LogP contribution in [-0.2, 0) is 0 Å². The molecule has 0 saturated carbocycles. The van der Waals surface area contributed by atoms with Gasteiger partial charge in [-0.2, -0.15) is 9.50 Å². The molecular formula is C19H15N3O3S2. The van der Waals surface area contributed by atoms with Gasteiger partial charge in [0.15, 0.2) is 17.3 Å². The van der Waals surface area contributed by atoms with Crippen molar-refractivity contribution in [2.75, 3.05) is 14.2 Å². The third-order valence-electron chi connectivity index (χ3n) is 3.85. The number of methoxy groups -OCH3 is 2. The lowest BCUT2D eigenvalue weighted by atomic mass is 10.2. The van der Waals surface area contributed by atoms with Crippen LogP contribution >= 0.6 is 22.7 Å². The Morgan fingerprint density at radius 1 is 1.11 bits per heavy atom. The average Bonchev–Trinajstić information content (AvgIpc) is 3.40. The average molecular weight is 397 g/mol. The van der Waals surface area contributed by atoms with Crippen LogP contribution in [0.2, 0.25) is 0 Å². The van der Waals surface area contributed by atoms with Gasteiger partial charge in [0, 0.05) is 4.88 Å². The van der Waals surface area contributed by atoms with E-state index in [1.807, 2.05) is 47.9 Å². The smallest absolute Gasteiger partial charge is 0.291 e. The van der Waals surface area contributed by atoms with Gasteiger partial charge in [0.1, 0.15) is 0 Å². The van der Waals surface area contributed by atoms with Crippen molar-refractivity contribution in [2.45, 2.75) is 0 Å². The van der Waals surface area contributed by atoms with Gasteiger partial charge in [0.25, 0.3) is 5.56 Å². The minimum absolute atomic E-state index is 0.151. The molecule has 136 valence electrons. The zero-order chi connectivity index (χ0) is 18.8. The fourth-order valence-electron chi connectivity index (χ4n) is 2.55. The van der Waals surface area contributed by atoms with Crippen molar-refractivity contribution in [3.8, 4) is 11.5 Å². The van der Waals surface area contributed by atoms with E-state index in [1.165, 1.54) is 15.9 Å². The molecule has 0 saturated heterocycles. The highest BCUT2D eigenvalue weighted by Gasteiger charge is 2.09. The molecule has 8 heteroatoms. The lowest BCUT2D eigenvalue weighted by Crippen LogP contribution is -2.23. The molecule has 0 amide bonds. The highest BCUT2D eigenvalue weighted by molar-refractivity contribution is 7.15. The maximum absolute atomic E-state index is 12.5. The number of thiophene rings is 1. The summed E-state index contributed by atoms with van der Waals surface area (Å²) in [5.41, 5.74) is 0.765. The molecule has 0 bridgehead atoms. The quantitative estimate of drug-likeness (QED) is 0.518. The Hall–Kier alpha value is -2.97. The summed E-state index contributed by atoms with van der Waals surface area (Å²) < 4.78 is 12.5. The Morgan fingerprint density at radius 3 is 2.67 bits per heavy atom. The molecule has 0 atom stereocenters. The van der Waals surface area contributed by atoms with Gasteiger partial charge in [0.05, 0.1) is 18.8 Å². The van der Waals surface area contributed by atoms with Crippen LogP contribution < -0.4 is 19.6 Å². The minimum atomic E-state index is -0.151. The van der Waals surface area contributed by atoms with Crippen molar-refractivity contribution in [1.29, 1.82) is 0 Å². The number of benzene rings is 1. The Labute approximate surface area is 162 Å². The number of hydrogen-bond acceptors (Lipinski definition) is 7. The number of fused-ring (bicyclic) bond motifs is 1. The predicted molar refractivity (Wildman–Crippen MR) is 109 cm³/mol. The third-order valence-corrected chi connectivity index (χ3v) is 5.63. The first kappa shape index (κ1) is 17.4. The van der Waals surface area contributed by atoms with Gasteiger partial charge in [0.2, 0.25) is 4.96 Å². The van der Waals surface area contributed by atoms with Crippen molar-refractivity contribution in [3.05, 3.63) is 66.9 Å². The van der Waals surface area contributed by atoms with E-state index < -0.39 is 0 Å². The summed E-state index contributed by atoms with van der Waals surface area (Å²) in [4.78, 5) is 18.5. The Kier molecular flexibility index (Phi) is 4.74. The second kappa shape index (κ2) is 7.34. The topological polar surface area (TPSA) is 65.7 Å². The van der Waals surface area contributed by atoms with E-state index in [4.69, 9.17) is 9.47 Å². The molecule has 4 aromatic rings. The van der Waals surface area contributed by atoms with E-state index >= 15 is 0 Å². The molecule has 0 N–H and O–H groups in total. The van der Waals surface area contributed by atoms with Gasteiger partial charge in [-0.15, -0.1) is 16.4 Å². The summed E-state index contributed by atoms with van der Waals surface area (Å²) in [6, 6.07) is 9.52. The molecule has 0 aliphatic carbocycles. The van der Waals surface area contributed by atoms with Crippen LogP contribution in [0.5, 0.6) is 11.5 Å². The van der Waals surface area contributed by atoms with Gasteiger partial charge in [-0.1, -0.05) is 29.5 Å². The molecular weight excluding hydrogens is 382 g/mol. The molecule has 0 unspecified atom stereocenters. The fourth-order valence-corrected chi connectivity index (χ4v) is 4.19. The van der Waals surface area contributed by atoms with Gasteiger partial charge in [-0.3, -0.25) is 4.79 Å². The number of hydrogen-bond donors (Lipinski definition) is 0. The molecule has 0 aliphatic heterocycles. The molecule has 3 heterocycles. The van der Waals surface area contributed by atoms with Crippen molar-refractivity contribution < 1.29 is 9.47 Å². The first-order chi connectivity index (χ1) is 13.2. The van der Waals surface area contributed by atoms with E-state index in [9.17, 15) is 4.79 Å². The molecule has 0 spiro atoms. The van der Waals surface area contributed by atoms with E-state index in [0.29, 0.717) is 26.8 Å². The lowest BCUT2D eigenvalue weighted by Gasteiger charge is -2.07. The lowest BCUT2D eigenvalue weighted by molar-refractivity contribution is 0.355. The summed E-state index contributed by atoms with van der Waals surface area (Å²) in [7, 11) is 3.19. The van der Waals surface area contributed by atoms with Gasteiger partial charge >= 0.3 is 0 Å². The standard InChI is InChI=1S/C19H15N3O3S2/c1-24-14-7-5-12(10-15(14)25-2)6-8-17-20-19-22(21-17)18(23)16(27-19)11-13-4-3-9-26-13/h3-11H,1-2H3/b8-6+,16-11-. The van der Waals surface area contributed by atoms with Crippen LogP contribution in [0.15, 0.2) is 40.5 Å². The first-order valence-electron chi connectivity index (χ1n) is 8.03. The SMILES string of the molecule is COc1ccc(/C=C/c2nc3s/c(=C\c4cccs4)c(=O)n3n2)cc1OC. The maximum Gasteiger partial charge on any atom is 0.291 e. The number of aromatic nitrogens is 3. The molecule has 3 aromatic heterocycles. The molecule has 6 nitrogen and oxygen atoms in total. The maximum atomic E-state index is 12.5. The van der Waals surface area contributed by atoms with Crippen molar-refractivity contribution in [3.63, 3.8) is 0 Å². The molecule has 0 aliphatic rings. The van der Waals surface area contributed by atoms with E-state index in [-0.39, 0.29) is 5.56 Å². The number of nitrogens with zero attached hydrogens (tertiary/aromatic N) is 3. The molecule has 4 rings (SSSR count). The monoisotopic (exact) mass is 397 g/mol. The normalized spacial score (nSPS) is 12.3. The van der Waals surface area contributed by atoms with Crippen LogP contribution in [0.3, 0.4) is 0 Å². The van der Waals surface area contributed by atoms with Gasteiger partial charge in [-0.05, 0) is 41.3 Å². The summed E-state index contributed by atoms with van der Waals surface area (Å²) in [5.74, 6) is 1.80. The van der Waals surface area contributed by atoms with E-state index in [1.54, 1.807) is 31.6 Å². The Balaban J connectivity index is 1.64. The third kappa shape index (κ3) is 3.49. The van der Waals surface area contributed by atoms with Crippen LogP contribution in [0.4, 0.5) is 0 Å². The largest absolute Gasteiger partial charge is 0.493 e. The fraction of sp³-hybridized carbons (Fsp3) is 0.105. The predicted octanol–water partition coefficient (Wildman–Crippen LogP) is 2.95. The van der Waals surface area contributed by atoms with Crippen LogP contribution in [0.1, 0.15) is 16.3 Å². The van der Waals surface area contributed by atoms with Gasteiger partial charge < -0.3 is 9.47 Å². The van der Waals surface area contributed by atoms with Crippen LogP contribution in [0.25, 0.3) is 23.2 Å². The molecule has 27 heavy (non-hydrogen) atoms. The second-order valence-corrected chi connectivity index (χ2v) is 7.53. The zero-order valence-electron chi connectivity index (χ0n) is 14.6.